The fourth-order valence-electron chi connectivity index (χ4n) is 4.69. The number of nitrogens with one attached hydrogen (secondary N) is 2. The Kier molecular flexibility index (Phi) is 7.56. The van der Waals surface area contributed by atoms with E-state index in [4.69, 9.17) is 16.3 Å². The number of benzene rings is 4. The lowest BCUT2D eigenvalue weighted by Crippen LogP contribution is -2.34. The molecule has 1 unspecified atom stereocenters. The summed E-state index contributed by atoms with van der Waals surface area (Å²) in [4.78, 5) is 25.1. The summed E-state index contributed by atoms with van der Waals surface area (Å²) in [5, 5.41) is 18.5. The Morgan fingerprint density at radius 2 is 1.82 bits per heavy atom. The molecule has 0 saturated carbocycles. The van der Waals surface area contributed by atoms with Gasteiger partial charge in [0.05, 0.1) is 17.3 Å². The van der Waals surface area contributed by atoms with E-state index in [1.807, 2.05) is 42.5 Å². The Bertz CT molecular complexity index is 1540. The molecule has 2 amide bonds. The summed E-state index contributed by atoms with van der Waals surface area (Å²) in [5.74, 6) is -0.144. The average molecular weight is 528 g/mol. The van der Waals surface area contributed by atoms with Gasteiger partial charge >= 0.3 is 0 Å². The van der Waals surface area contributed by atoms with Gasteiger partial charge in [-0.1, -0.05) is 60.1 Å². The Balaban J connectivity index is 1.25. The SMILES string of the molecule is O=C(COc1ccc(C=NNC(=O)c2ccc(O)c(Cl)c2)c2ccccc12)NC1CCCc2ccccc21. The van der Waals surface area contributed by atoms with Crippen molar-refractivity contribution >= 4 is 40.4 Å². The first-order chi connectivity index (χ1) is 18.5. The third kappa shape index (κ3) is 5.63. The van der Waals surface area contributed by atoms with Gasteiger partial charge in [0.1, 0.15) is 11.5 Å². The number of carbonyl (C=O) groups excluding carboxylic acids is 2. The highest BCUT2D eigenvalue weighted by Crippen LogP contribution is 2.30. The summed E-state index contributed by atoms with van der Waals surface area (Å²) in [5.41, 5.74) is 5.97. The first-order valence-electron chi connectivity index (χ1n) is 12.3. The maximum Gasteiger partial charge on any atom is 0.271 e. The third-order valence-electron chi connectivity index (χ3n) is 6.56. The average Bonchev–Trinajstić information content (AvgIpc) is 2.94. The molecule has 4 aromatic carbocycles. The van der Waals surface area contributed by atoms with Crippen LogP contribution in [0.5, 0.6) is 11.5 Å². The van der Waals surface area contributed by atoms with E-state index in [9.17, 15) is 14.7 Å². The van der Waals surface area contributed by atoms with Gasteiger partial charge in [-0.2, -0.15) is 5.10 Å². The molecule has 0 bridgehead atoms. The number of carbonyl (C=O) groups is 2. The smallest absolute Gasteiger partial charge is 0.271 e. The van der Waals surface area contributed by atoms with Crippen molar-refractivity contribution in [2.75, 3.05) is 6.61 Å². The fraction of sp³-hybridized carbons (Fsp3) is 0.167. The number of rotatable bonds is 7. The molecule has 0 spiro atoms. The summed E-state index contributed by atoms with van der Waals surface area (Å²) in [6, 6.07) is 23.6. The normalized spacial score (nSPS) is 14.7. The molecular weight excluding hydrogens is 502 g/mol. The molecule has 1 aliphatic carbocycles. The van der Waals surface area contributed by atoms with Crippen molar-refractivity contribution in [2.24, 2.45) is 5.10 Å². The van der Waals surface area contributed by atoms with Crippen molar-refractivity contribution in [1.29, 1.82) is 0 Å². The lowest BCUT2D eigenvalue weighted by Gasteiger charge is -2.26. The van der Waals surface area contributed by atoms with E-state index in [2.05, 4.69) is 28.0 Å². The van der Waals surface area contributed by atoms with E-state index < -0.39 is 5.91 Å². The number of aryl methyl sites for hydroxylation is 1. The molecule has 5 rings (SSSR count). The minimum absolute atomic E-state index is 0.000746. The number of phenols is 1. The molecule has 1 aliphatic rings. The van der Waals surface area contributed by atoms with Crippen LogP contribution in [-0.2, 0) is 11.2 Å². The van der Waals surface area contributed by atoms with E-state index in [1.165, 1.54) is 29.3 Å². The van der Waals surface area contributed by atoms with Crippen molar-refractivity contribution < 1.29 is 19.4 Å². The predicted octanol–water partition coefficient (Wildman–Crippen LogP) is 5.54. The summed E-state index contributed by atoms with van der Waals surface area (Å²) < 4.78 is 5.93. The second kappa shape index (κ2) is 11.4. The van der Waals surface area contributed by atoms with E-state index in [1.54, 1.807) is 12.3 Å². The van der Waals surface area contributed by atoms with Crippen molar-refractivity contribution in [3.8, 4) is 11.5 Å². The molecular formula is C30H26ClN3O4. The van der Waals surface area contributed by atoms with Gasteiger partial charge in [0.2, 0.25) is 0 Å². The number of hydrogen-bond acceptors (Lipinski definition) is 5. The van der Waals surface area contributed by atoms with Gasteiger partial charge in [-0.3, -0.25) is 9.59 Å². The quantitative estimate of drug-likeness (QED) is 0.217. The second-order valence-corrected chi connectivity index (χ2v) is 9.47. The van der Waals surface area contributed by atoms with Gasteiger partial charge in [0.15, 0.2) is 6.61 Å². The first-order valence-corrected chi connectivity index (χ1v) is 12.7. The van der Waals surface area contributed by atoms with E-state index in [0.29, 0.717) is 5.75 Å². The van der Waals surface area contributed by atoms with Gasteiger partial charge in [-0.25, -0.2) is 5.43 Å². The van der Waals surface area contributed by atoms with Crippen LogP contribution in [0.4, 0.5) is 0 Å². The van der Waals surface area contributed by atoms with Crippen LogP contribution in [-0.4, -0.2) is 29.7 Å². The zero-order valence-corrected chi connectivity index (χ0v) is 21.2. The van der Waals surface area contributed by atoms with Gasteiger partial charge in [0.25, 0.3) is 11.8 Å². The highest BCUT2D eigenvalue weighted by Gasteiger charge is 2.21. The Morgan fingerprint density at radius 3 is 2.66 bits per heavy atom. The second-order valence-electron chi connectivity index (χ2n) is 9.06. The lowest BCUT2D eigenvalue weighted by molar-refractivity contribution is -0.123. The van der Waals surface area contributed by atoms with Crippen molar-refractivity contribution in [3.63, 3.8) is 0 Å². The van der Waals surface area contributed by atoms with Crippen LogP contribution in [0.2, 0.25) is 5.02 Å². The molecule has 0 heterocycles. The van der Waals surface area contributed by atoms with Crippen LogP contribution in [0.25, 0.3) is 10.8 Å². The molecule has 0 saturated heterocycles. The molecule has 38 heavy (non-hydrogen) atoms. The van der Waals surface area contributed by atoms with Crippen LogP contribution >= 0.6 is 11.6 Å². The third-order valence-corrected chi connectivity index (χ3v) is 6.86. The fourth-order valence-corrected chi connectivity index (χ4v) is 4.87. The number of fused-ring (bicyclic) bond motifs is 2. The Hall–Kier alpha value is -4.36. The first kappa shape index (κ1) is 25.3. The zero-order chi connectivity index (χ0) is 26.5. The predicted molar refractivity (Wildman–Crippen MR) is 148 cm³/mol. The van der Waals surface area contributed by atoms with Gasteiger partial charge in [-0.05, 0) is 66.1 Å². The van der Waals surface area contributed by atoms with Crippen LogP contribution in [0, 0.1) is 0 Å². The number of amides is 2. The monoisotopic (exact) mass is 527 g/mol. The number of hydrogen-bond donors (Lipinski definition) is 3. The van der Waals surface area contributed by atoms with Crippen molar-refractivity contribution in [1.82, 2.24) is 10.7 Å². The summed E-state index contributed by atoms with van der Waals surface area (Å²) in [6.45, 7) is -0.0959. The van der Waals surface area contributed by atoms with Crippen molar-refractivity contribution in [3.05, 3.63) is 106 Å². The van der Waals surface area contributed by atoms with Crippen LogP contribution in [0.15, 0.2) is 84.0 Å². The molecule has 8 heteroatoms. The summed E-state index contributed by atoms with van der Waals surface area (Å²) in [6.07, 6.45) is 4.53. The van der Waals surface area contributed by atoms with Gasteiger partial charge in [-0.15, -0.1) is 0 Å². The molecule has 1 atom stereocenters. The number of hydrazone groups is 1. The van der Waals surface area contributed by atoms with E-state index in [0.717, 1.165) is 35.6 Å². The van der Waals surface area contributed by atoms with Crippen LogP contribution in [0.3, 0.4) is 0 Å². The molecule has 4 aromatic rings. The highest BCUT2D eigenvalue weighted by molar-refractivity contribution is 6.32. The molecule has 3 N–H and O–H groups in total. The topological polar surface area (TPSA) is 100 Å². The Morgan fingerprint density at radius 1 is 1.03 bits per heavy atom. The maximum atomic E-state index is 12.7. The van der Waals surface area contributed by atoms with Gasteiger partial charge in [0, 0.05) is 16.5 Å². The van der Waals surface area contributed by atoms with Crippen LogP contribution in [0.1, 0.15) is 45.9 Å². The Labute approximate surface area is 225 Å². The standard InChI is InChI=1S/C30H26ClN3O4/c31-25-16-20(12-14-27(25)35)30(37)34-32-17-21-13-15-28(24-10-4-3-8-22(21)24)38-18-29(36)33-26-11-5-7-19-6-1-2-9-23(19)26/h1-4,6,8-10,12-17,26,35H,5,7,11,18H2,(H,33,36)(H,34,37). The molecule has 0 aromatic heterocycles. The highest BCUT2D eigenvalue weighted by atomic mass is 35.5. The molecule has 0 fully saturated rings. The molecule has 7 nitrogen and oxygen atoms in total. The van der Waals surface area contributed by atoms with E-state index >= 15 is 0 Å². The molecule has 192 valence electrons. The number of phenolic OH excluding ortho intramolecular Hbond substituents is 1. The zero-order valence-electron chi connectivity index (χ0n) is 20.5. The minimum atomic E-state index is -0.459. The minimum Gasteiger partial charge on any atom is -0.506 e. The molecule has 0 aliphatic heterocycles. The van der Waals surface area contributed by atoms with Crippen LogP contribution < -0.4 is 15.5 Å². The number of aromatic hydroxyl groups is 1. The number of halogens is 1. The maximum absolute atomic E-state index is 12.7. The lowest BCUT2D eigenvalue weighted by atomic mass is 9.88. The summed E-state index contributed by atoms with van der Waals surface area (Å²) in [7, 11) is 0. The van der Waals surface area contributed by atoms with E-state index in [-0.39, 0.29) is 34.9 Å². The van der Waals surface area contributed by atoms with Gasteiger partial charge < -0.3 is 15.2 Å². The summed E-state index contributed by atoms with van der Waals surface area (Å²) >= 11 is 5.88. The number of ether oxygens (including phenoxy) is 1. The number of nitrogens with zero attached hydrogens (tertiary/aromatic N) is 1. The van der Waals surface area contributed by atoms with Crippen molar-refractivity contribution in [2.45, 2.75) is 25.3 Å². The molecule has 0 radical (unpaired) electrons. The largest absolute Gasteiger partial charge is 0.506 e.